The summed E-state index contributed by atoms with van der Waals surface area (Å²) in [6.45, 7) is 1.73. The van der Waals surface area contributed by atoms with Crippen molar-refractivity contribution in [2.24, 2.45) is 0 Å². The van der Waals surface area contributed by atoms with E-state index in [0.717, 1.165) is 17.2 Å². The highest BCUT2D eigenvalue weighted by atomic mass is 16.6. The summed E-state index contributed by atoms with van der Waals surface area (Å²) in [6.07, 6.45) is 2.35. The first-order valence-electron chi connectivity index (χ1n) is 7.50. The van der Waals surface area contributed by atoms with Crippen molar-refractivity contribution in [3.8, 4) is 11.4 Å². The first-order chi connectivity index (χ1) is 12.5. The zero-order chi connectivity index (χ0) is 18.5. The summed E-state index contributed by atoms with van der Waals surface area (Å²) < 4.78 is 14.9. The third-order valence-electron chi connectivity index (χ3n) is 3.37. The molecule has 0 bridgehead atoms. The Balaban J connectivity index is 1.57. The number of nitrogens with zero attached hydrogens (tertiary/aromatic N) is 3. The van der Waals surface area contributed by atoms with Crippen LogP contribution < -0.4 is 0 Å². The highest BCUT2D eigenvalue weighted by molar-refractivity contribution is 5.86. The molecule has 0 aliphatic heterocycles. The number of hydrogen-bond donors (Lipinski definition) is 0. The molecule has 0 fully saturated rings. The summed E-state index contributed by atoms with van der Waals surface area (Å²) in [4.78, 5) is 25.7. The molecule has 2 aromatic heterocycles. The van der Waals surface area contributed by atoms with Gasteiger partial charge in [0.2, 0.25) is 5.82 Å². The Morgan fingerprint density at radius 2 is 2.12 bits per heavy atom. The van der Waals surface area contributed by atoms with Gasteiger partial charge in [-0.05, 0) is 24.6 Å². The van der Waals surface area contributed by atoms with Crippen molar-refractivity contribution >= 4 is 17.9 Å². The SMILES string of the molecule is Cc1ccccc1-c1noc(COC(=O)/C=C/c2ccc([N+](=O)[O-])o2)n1. The van der Waals surface area contributed by atoms with E-state index >= 15 is 0 Å². The number of furan rings is 1. The molecule has 0 spiro atoms. The van der Waals surface area contributed by atoms with Crippen LogP contribution in [0.4, 0.5) is 5.88 Å². The summed E-state index contributed by atoms with van der Waals surface area (Å²) in [5.74, 6) is -0.369. The molecule has 0 N–H and O–H groups in total. The van der Waals surface area contributed by atoms with Crippen LogP contribution in [0, 0.1) is 17.0 Å². The minimum atomic E-state index is -0.681. The summed E-state index contributed by atoms with van der Waals surface area (Å²) in [7, 11) is 0. The number of rotatable bonds is 6. The van der Waals surface area contributed by atoms with E-state index in [1.165, 1.54) is 18.2 Å². The fraction of sp³-hybridized carbons (Fsp3) is 0.118. The molecule has 0 radical (unpaired) electrons. The smallest absolute Gasteiger partial charge is 0.433 e. The lowest BCUT2D eigenvalue weighted by Crippen LogP contribution is -2.00. The predicted octanol–water partition coefficient (Wildman–Crippen LogP) is 3.30. The molecule has 0 atom stereocenters. The van der Waals surface area contributed by atoms with E-state index in [-0.39, 0.29) is 18.3 Å². The zero-order valence-corrected chi connectivity index (χ0v) is 13.6. The Kier molecular flexibility index (Phi) is 4.88. The lowest BCUT2D eigenvalue weighted by atomic mass is 10.1. The second-order valence-electron chi connectivity index (χ2n) is 5.20. The Hall–Kier alpha value is -3.75. The molecule has 0 saturated carbocycles. The van der Waals surface area contributed by atoms with E-state index in [0.29, 0.717) is 5.82 Å². The van der Waals surface area contributed by atoms with Gasteiger partial charge in [-0.2, -0.15) is 4.98 Å². The Morgan fingerprint density at radius 3 is 2.85 bits per heavy atom. The molecule has 26 heavy (non-hydrogen) atoms. The minimum Gasteiger partial charge on any atom is -0.452 e. The number of aryl methyl sites for hydroxylation is 1. The highest BCUT2D eigenvalue weighted by Gasteiger charge is 2.12. The van der Waals surface area contributed by atoms with Crippen LogP contribution in [0.2, 0.25) is 0 Å². The topological polar surface area (TPSA) is 122 Å². The molecular formula is C17H13N3O6. The second kappa shape index (κ2) is 7.43. The van der Waals surface area contributed by atoms with Crippen LogP contribution in [-0.2, 0) is 16.1 Å². The third-order valence-corrected chi connectivity index (χ3v) is 3.37. The molecule has 9 nitrogen and oxygen atoms in total. The maximum atomic E-state index is 11.7. The van der Waals surface area contributed by atoms with Gasteiger partial charge in [0, 0.05) is 11.6 Å². The summed E-state index contributed by atoms with van der Waals surface area (Å²) >= 11 is 0. The highest BCUT2D eigenvalue weighted by Crippen LogP contribution is 2.20. The number of carbonyl (C=O) groups excluding carboxylic acids is 1. The molecule has 0 aliphatic carbocycles. The Labute approximate surface area is 147 Å². The van der Waals surface area contributed by atoms with Gasteiger partial charge in [-0.3, -0.25) is 10.1 Å². The molecule has 3 rings (SSSR count). The molecule has 3 aromatic rings. The van der Waals surface area contributed by atoms with E-state index in [1.807, 2.05) is 31.2 Å². The maximum absolute atomic E-state index is 11.7. The first-order valence-corrected chi connectivity index (χ1v) is 7.50. The van der Waals surface area contributed by atoms with Gasteiger partial charge in [0.25, 0.3) is 5.89 Å². The van der Waals surface area contributed by atoms with Gasteiger partial charge >= 0.3 is 11.9 Å². The summed E-state index contributed by atoms with van der Waals surface area (Å²) in [6, 6.07) is 10.1. The van der Waals surface area contributed by atoms with Crippen LogP contribution >= 0.6 is 0 Å². The van der Waals surface area contributed by atoms with Crippen molar-refractivity contribution in [1.82, 2.24) is 10.1 Å². The molecule has 0 aliphatic rings. The van der Waals surface area contributed by atoms with Gasteiger partial charge < -0.3 is 13.7 Å². The molecule has 2 heterocycles. The number of esters is 1. The van der Waals surface area contributed by atoms with Crippen molar-refractivity contribution in [1.29, 1.82) is 0 Å². The third kappa shape index (κ3) is 4.01. The first kappa shape index (κ1) is 17.1. The van der Waals surface area contributed by atoms with Crippen molar-refractivity contribution in [3.05, 3.63) is 69.8 Å². The molecular weight excluding hydrogens is 342 g/mol. The molecule has 9 heteroatoms. The van der Waals surface area contributed by atoms with Gasteiger partial charge in [-0.15, -0.1) is 0 Å². The zero-order valence-electron chi connectivity index (χ0n) is 13.6. The average molecular weight is 355 g/mol. The van der Waals surface area contributed by atoms with Crippen molar-refractivity contribution in [2.45, 2.75) is 13.5 Å². The van der Waals surface area contributed by atoms with Gasteiger partial charge in [0.1, 0.15) is 10.7 Å². The molecule has 1 aromatic carbocycles. The molecule has 0 saturated heterocycles. The standard InChI is InChI=1S/C17H13N3O6/c1-11-4-2-3-5-13(11)17-18-14(26-19-17)10-24-16(21)9-7-12-6-8-15(25-12)20(22)23/h2-9H,10H2,1H3/b9-7+. The van der Waals surface area contributed by atoms with Crippen molar-refractivity contribution < 1.29 is 23.4 Å². The van der Waals surface area contributed by atoms with Crippen molar-refractivity contribution in [2.75, 3.05) is 0 Å². The number of hydrogen-bond acceptors (Lipinski definition) is 8. The number of aromatic nitrogens is 2. The van der Waals surface area contributed by atoms with Crippen LogP contribution in [-0.4, -0.2) is 21.0 Å². The fourth-order valence-electron chi connectivity index (χ4n) is 2.11. The van der Waals surface area contributed by atoms with Gasteiger partial charge in [-0.25, -0.2) is 4.79 Å². The summed E-state index contributed by atoms with van der Waals surface area (Å²) in [5, 5.41) is 14.4. The van der Waals surface area contributed by atoms with E-state index in [1.54, 1.807) is 0 Å². The van der Waals surface area contributed by atoms with Crippen LogP contribution in [0.15, 0.2) is 51.4 Å². The Morgan fingerprint density at radius 1 is 1.31 bits per heavy atom. The van der Waals surface area contributed by atoms with Crippen LogP contribution in [0.3, 0.4) is 0 Å². The maximum Gasteiger partial charge on any atom is 0.433 e. The van der Waals surface area contributed by atoms with Crippen molar-refractivity contribution in [3.63, 3.8) is 0 Å². The quantitative estimate of drug-likeness (QED) is 0.286. The average Bonchev–Trinajstić information content (AvgIpc) is 3.28. The van der Waals surface area contributed by atoms with Gasteiger partial charge in [0.15, 0.2) is 6.61 Å². The normalized spacial score (nSPS) is 11.0. The van der Waals surface area contributed by atoms with Crippen LogP contribution in [0.25, 0.3) is 17.5 Å². The molecule has 0 unspecified atom stereocenters. The number of nitro groups is 1. The summed E-state index contributed by atoms with van der Waals surface area (Å²) in [5.41, 5.74) is 1.82. The number of carbonyl (C=O) groups is 1. The van der Waals surface area contributed by atoms with Crippen LogP contribution in [0.5, 0.6) is 0 Å². The van der Waals surface area contributed by atoms with E-state index in [9.17, 15) is 14.9 Å². The molecule has 132 valence electrons. The number of ether oxygens (including phenoxy) is 1. The van der Waals surface area contributed by atoms with Gasteiger partial charge in [-0.1, -0.05) is 29.4 Å². The van der Waals surface area contributed by atoms with Gasteiger partial charge in [0.05, 0.1) is 6.07 Å². The largest absolute Gasteiger partial charge is 0.452 e. The number of benzene rings is 1. The minimum absolute atomic E-state index is 0.152. The molecule has 0 amide bonds. The monoisotopic (exact) mass is 355 g/mol. The van der Waals surface area contributed by atoms with E-state index in [2.05, 4.69) is 10.1 Å². The van der Waals surface area contributed by atoms with E-state index in [4.69, 9.17) is 13.7 Å². The second-order valence-corrected chi connectivity index (χ2v) is 5.20. The predicted molar refractivity (Wildman–Crippen MR) is 88.7 cm³/mol. The lowest BCUT2D eigenvalue weighted by molar-refractivity contribution is -0.402. The Bertz CT molecular complexity index is 972. The van der Waals surface area contributed by atoms with E-state index < -0.39 is 16.8 Å². The van der Waals surface area contributed by atoms with Crippen LogP contribution in [0.1, 0.15) is 17.2 Å². The fourth-order valence-corrected chi connectivity index (χ4v) is 2.11. The lowest BCUT2D eigenvalue weighted by Gasteiger charge is -1.98.